The fraction of sp³-hybridized carbons (Fsp3) is 0. The third-order valence-electron chi connectivity index (χ3n) is 12.2. The average Bonchev–Trinajstić information content (AvgIpc) is 3.89. The smallest absolute Gasteiger partial charge is 0.143 e. The molecule has 0 aliphatic carbocycles. The molecule has 0 aliphatic heterocycles. The Morgan fingerprint density at radius 3 is 1.75 bits per heavy atom. The summed E-state index contributed by atoms with van der Waals surface area (Å²) >= 11 is 0. The lowest BCUT2D eigenvalue weighted by Gasteiger charge is -2.26. The van der Waals surface area contributed by atoms with Gasteiger partial charge in [-0.3, -0.25) is 0 Å². The molecule has 0 spiro atoms. The van der Waals surface area contributed by atoms with Gasteiger partial charge in [-0.1, -0.05) is 152 Å². The van der Waals surface area contributed by atoms with Crippen LogP contribution >= 0.6 is 0 Å². The standard InChI is InChI=1S/C58H38N2O/c1-3-13-39(14-4-1)40-25-31-46(32-26-40)59(47-33-27-42(28-34-47)49-22-12-24-56-57(49)52-35-29-41-15-7-8-20-50(41)58(52)61-56)48-19-11-16-43(37-48)44-30-36-55-53(38-44)51-21-9-10-23-54(51)60(55)45-17-5-2-6-18-45/h1-38H. The van der Waals surface area contributed by atoms with Gasteiger partial charge in [-0.2, -0.15) is 0 Å². The number of benzene rings is 10. The molecule has 3 nitrogen and oxygen atoms in total. The molecule has 10 aromatic carbocycles. The Morgan fingerprint density at radius 1 is 0.344 bits per heavy atom. The van der Waals surface area contributed by atoms with Gasteiger partial charge in [0.2, 0.25) is 0 Å². The molecule has 0 N–H and O–H groups in total. The molecule has 0 radical (unpaired) electrons. The second kappa shape index (κ2) is 14.3. The maximum Gasteiger partial charge on any atom is 0.143 e. The van der Waals surface area contributed by atoms with E-state index in [-0.39, 0.29) is 0 Å². The van der Waals surface area contributed by atoms with E-state index in [9.17, 15) is 0 Å². The summed E-state index contributed by atoms with van der Waals surface area (Å²) in [5.74, 6) is 0. The number of fused-ring (bicyclic) bond motifs is 8. The van der Waals surface area contributed by atoms with Gasteiger partial charge in [-0.15, -0.1) is 0 Å². The van der Waals surface area contributed by atoms with Crippen molar-refractivity contribution in [1.82, 2.24) is 4.57 Å². The van der Waals surface area contributed by atoms with E-state index < -0.39 is 0 Å². The van der Waals surface area contributed by atoms with Crippen molar-refractivity contribution in [3.63, 3.8) is 0 Å². The predicted octanol–water partition coefficient (Wildman–Crippen LogP) is 16.3. The molecule has 0 atom stereocenters. The maximum atomic E-state index is 6.55. The Balaban J connectivity index is 0.971. The first-order chi connectivity index (χ1) is 30.2. The van der Waals surface area contributed by atoms with Gasteiger partial charge in [-0.25, -0.2) is 0 Å². The van der Waals surface area contributed by atoms with Crippen LogP contribution in [0, 0.1) is 0 Å². The van der Waals surface area contributed by atoms with Gasteiger partial charge in [-0.05, 0) is 118 Å². The van der Waals surface area contributed by atoms with Gasteiger partial charge in [0.15, 0.2) is 0 Å². The van der Waals surface area contributed by atoms with Crippen LogP contribution in [0.1, 0.15) is 0 Å². The van der Waals surface area contributed by atoms with Crippen LogP contribution in [0.5, 0.6) is 0 Å². The van der Waals surface area contributed by atoms with Crippen molar-refractivity contribution >= 4 is 71.6 Å². The lowest BCUT2D eigenvalue weighted by molar-refractivity contribution is 0.673. The third-order valence-corrected chi connectivity index (χ3v) is 12.2. The Morgan fingerprint density at radius 2 is 0.951 bits per heavy atom. The van der Waals surface area contributed by atoms with Gasteiger partial charge in [0, 0.05) is 49.7 Å². The third kappa shape index (κ3) is 5.90. The Hall–Kier alpha value is -8.14. The number of nitrogens with zero attached hydrogens (tertiary/aromatic N) is 2. The van der Waals surface area contributed by atoms with E-state index in [0.717, 1.165) is 66.8 Å². The first-order valence-electron chi connectivity index (χ1n) is 20.8. The fourth-order valence-electron chi connectivity index (χ4n) is 9.30. The summed E-state index contributed by atoms with van der Waals surface area (Å²) in [6.45, 7) is 0. The zero-order valence-electron chi connectivity index (χ0n) is 33.2. The number of aromatic nitrogens is 1. The molecular formula is C58H38N2O. The molecule has 12 rings (SSSR count). The molecule has 2 aromatic heterocycles. The van der Waals surface area contributed by atoms with Crippen LogP contribution in [0.2, 0.25) is 0 Å². The molecule has 0 fully saturated rings. The summed E-state index contributed by atoms with van der Waals surface area (Å²) in [5, 5.41) is 7.06. The molecule has 12 aromatic rings. The molecule has 0 aliphatic rings. The highest BCUT2D eigenvalue weighted by Crippen LogP contribution is 2.43. The highest BCUT2D eigenvalue weighted by molar-refractivity contribution is 6.19. The molecule has 2 heterocycles. The molecule has 286 valence electrons. The molecule has 0 saturated carbocycles. The lowest BCUT2D eigenvalue weighted by atomic mass is 9.97. The predicted molar refractivity (Wildman–Crippen MR) is 257 cm³/mol. The van der Waals surface area contributed by atoms with E-state index in [4.69, 9.17) is 4.42 Å². The highest BCUT2D eigenvalue weighted by atomic mass is 16.3. The summed E-state index contributed by atoms with van der Waals surface area (Å²) < 4.78 is 8.92. The van der Waals surface area contributed by atoms with Gasteiger partial charge in [0.25, 0.3) is 0 Å². The van der Waals surface area contributed by atoms with Gasteiger partial charge >= 0.3 is 0 Å². The van der Waals surface area contributed by atoms with E-state index in [1.54, 1.807) is 0 Å². The van der Waals surface area contributed by atoms with Gasteiger partial charge < -0.3 is 13.9 Å². The summed E-state index contributed by atoms with van der Waals surface area (Å²) in [4.78, 5) is 2.36. The molecule has 3 heteroatoms. The number of anilines is 3. The zero-order chi connectivity index (χ0) is 40.3. The summed E-state index contributed by atoms with van der Waals surface area (Å²) in [7, 11) is 0. The van der Waals surface area contributed by atoms with Crippen molar-refractivity contribution in [3.05, 3.63) is 231 Å². The topological polar surface area (TPSA) is 21.3 Å². The van der Waals surface area contributed by atoms with E-state index in [0.29, 0.717) is 0 Å². The first-order valence-corrected chi connectivity index (χ1v) is 20.8. The van der Waals surface area contributed by atoms with Crippen molar-refractivity contribution in [2.45, 2.75) is 0 Å². The minimum atomic E-state index is 0.896. The Bertz CT molecular complexity index is 3560. The Labute approximate surface area is 353 Å². The van der Waals surface area contributed by atoms with Crippen LogP contribution in [-0.4, -0.2) is 4.57 Å². The van der Waals surface area contributed by atoms with Crippen molar-refractivity contribution in [2.75, 3.05) is 4.90 Å². The van der Waals surface area contributed by atoms with E-state index in [2.05, 4.69) is 240 Å². The van der Waals surface area contributed by atoms with E-state index >= 15 is 0 Å². The molecular weight excluding hydrogens is 741 g/mol. The summed E-state index contributed by atoms with van der Waals surface area (Å²) in [6, 6.07) is 82.9. The van der Waals surface area contributed by atoms with Gasteiger partial charge in [0.1, 0.15) is 11.2 Å². The van der Waals surface area contributed by atoms with Crippen molar-refractivity contribution < 1.29 is 4.42 Å². The minimum Gasteiger partial charge on any atom is -0.455 e. The number of hydrogen-bond donors (Lipinski definition) is 0. The summed E-state index contributed by atoms with van der Waals surface area (Å²) in [5.41, 5.74) is 15.6. The van der Waals surface area contributed by atoms with E-state index in [1.165, 1.54) is 43.9 Å². The van der Waals surface area contributed by atoms with Crippen LogP contribution in [-0.2, 0) is 0 Å². The number of hydrogen-bond acceptors (Lipinski definition) is 2. The number of furan rings is 1. The Kier molecular flexibility index (Phi) is 8.17. The number of rotatable bonds is 7. The monoisotopic (exact) mass is 778 g/mol. The van der Waals surface area contributed by atoms with Crippen LogP contribution in [0.25, 0.3) is 93.6 Å². The largest absolute Gasteiger partial charge is 0.455 e. The maximum absolute atomic E-state index is 6.55. The van der Waals surface area contributed by atoms with Crippen molar-refractivity contribution in [3.8, 4) is 39.1 Å². The lowest BCUT2D eigenvalue weighted by Crippen LogP contribution is -2.10. The molecule has 0 bridgehead atoms. The number of para-hydroxylation sites is 2. The van der Waals surface area contributed by atoms with Crippen LogP contribution in [0.15, 0.2) is 235 Å². The second-order valence-electron chi connectivity index (χ2n) is 15.7. The summed E-state index contributed by atoms with van der Waals surface area (Å²) in [6.07, 6.45) is 0. The van der Waals surface area contributed by atoms with Crippen molar-refractivity contribution in [2.24, 2.45) is 0 Å². The molecule has 0 unspecified atom stereocenters. The van der Waals surface area contributed by atoms with Crippen molar-refractivity contribution in [1.29, 1.82) is 0 Å². The molecule has 61 heavy (non-hydrogen) atoms. The van der Waals surface area contributed by atoms with Gasteiger partial charge in [0.05, 0.1) is 11.0 Å². The quantitative estimate of drug-likeness (QED) is 0.161. The SMILES string of the molecule is c1ccc(-c2ccc(N(c3ccc(-c4cccc5oc6c7ccccc7ccc6c45)cc3)c3cccc(-c4ccc5c(c4)c4ccccc4n5-c4ccccc4)c3)cc2)cc1. The average molecular weight is 779 g/mol. The highest BCUT2D eigenvalue weighted by Gasteiger charge is 2.18. The van der Waals surface area contributed by atoms with Crippen LogP contribution < -0.4 is 4.90 Å². The minimum absolute atomic E-state index is 0.896. The fourth-order valence-corrected chi connectivity index (χ4v) is 9.30. The zero-order valence-corrected chi connectivity index (χ0v) is 33.2. The van der Waals surface area contributed by atoms with Crippen LogP contribution in [0.4, 0.5) is 17.1 Å². The van der Waals surface area contributed by atoms with Crippen LogP contribution in [0.3, 0.4) is 0 Å². The van der Waals surface area contributed by atoms with E-state index in [1.807, 2.05) is 0 Å². The first kappa shape index (κ1) is 34.9. The molecule has 0 amide bonds. The molecule has 0 saturated heterocycles. The second-order valence-corrected chi connectivity index (χ2v) is 15.7. The normalized spacial score (nSPS) is 11.6.